The zero-order chi connectivity index (χ0) is 19.0. The number of amides is 2. The highest BCUT2D eigenvalue weighted by molar-refractivity contribution is 5.97. The van der Waals surface area contributed by atoms with Gasteiger partial charge in [-0.15, -0.1) is 0 Å². The van der Waals surface area contributed by atoms with Crippen LogP contribution >= 0.6 is 0 Å². The number of hydrogen-bond acceptors (Lipinski definition) is 3. The van der Waals surface area contributed by atoms with Gasteiger partial charge in [-0.2, -0.15) is 0 Å². The average Bonchev–Trinajstić information content (AvgIpc) is 3.18. The number of likely N-dealkylation sites (tertiary alicyclic amines) is 2. The van der Waals surface area contributed by atoms with E-state index in [0.29, 0.717) is 30.5 Å². The topological polar surface area (TPSA) is 60.9 Å². The van der Waals surface area contributed by atoms with E-state index in [-0.39, 0.29) is 17.1 Å². The Hall–Kier alpha value is -2.04. The summed E-state index contributed by atoms with van der Waals surface area (Å²) in [6.45, 7) is 4.11. The van der Waals surface area contributed by atoms with Gasteiger partial charge in [0.1, 0.15) is 5.75 Å². The molecule has 4 rings (SSSR count). The van der Waals surface area contributed by atoms with Crippen LogP contribution in [0.4, 0.5) is 0 Å². The van der Waals surface area contributed by atoms with Gasteiger partial charge >= 0.3 is 0 Å². The van der Waals surface area contributed by atoms with Gasteiger partial charge in [0.05, 0.1) is 5.56 Å². The summed E-state index contributed by atoms with van der Waals surface area (Å²) >= 11 is 0. The predicted octanol–water partition coefficient (Wildman–Crippen LogP) is 3.49. The van der Waals surface area contributed by atoms with E-state index in [1.165, 1.54) is 12.8 Å². The number of nitrogens with zero attached hydrogens (tertiary/aromatic N) is 2. The SMILES string of the molecule is Cc1ccc(C(=O)N2CCCC3(CCC(=O)N(C4CCCC4)C3)C2)c(O)c1. The van der Waals surface area contributed by atoms with Crippen LogP contribution < -0.4 is 0 Å². The van der Waals surface area contributed by atoms with Crippen LogP contribution in [0.1, 0.15) is 67.3 Å². The smallest absolute Gasteiger partial charge is 0.257 e. The fraction of sp³-hybridized carbons (Fsp3) is 0.636. The number of carbonyl (C=O) groups excluding carboxylic acids is 2. The van der Waals surface area contributed by atoms with Crippen molar-refractivity contribution in [3.8, 4) is 5.75 Å². The van der Waals surface area contributed by atoms with Crippen molar-refractivity contribution in [2.45, 2.75) is 64.3 Å². The molecule has 5 nitrogen and oxygen atoms in total. The minimum atomic E-state index is -0.0871. The van der Waals surface area contributed by atoms with Gasteiger partial charge < -0.3 is 14.9 Å². The average molecular weight is 370 g/mol. The molecular weight excluding hydrogens is 340 g/mol. The number of phenolic OH excluding ortho intramolecular Hbond substituents is 1. The molecule has 2 heterocycles. The van der Waals surface area contributed by atoms with Crippen molar-refractivity contribution in [3.63, 3.8) is 0 Å². The summed E-state index contributed by atoms with van der Waals surface area (Å²) in [7, 11) is 0. The molecule has 1 saturated carbocycles. The molecule has 1 aliphatic carbocycles. The van der Waals surface area contributed by atoms with Crippen molar-refractivity contribution in [2.75, 3.05) is 19.6 Å². The maximum atomic E-state index is 13.0. The van der Waals surface area contributed by atoms with E-state index in [2.05, 4.69) is 4.90 Å². The molecule has 2 aliphatic heterocycles. The Bertz CT molecular complexity index is 741. The van der Waals surface area contributed by atoms with Crippen molar-refractivity contribution in [2.24, 2.45) is 5.41 Å². The van der Waals surface area contributed by atoms with Crippen LogP contribution in [-0.4, -0.2) is 52.4 Å². The molecule has 0 aromatic heterocycles. The lowest BCUT2D eigenvalue weighted by molar-refractivity contribution is -0.142. The lowest BCUT2D eigenvalue weighted by atomic mass is 9.73. The van der Waals surface area contributed by atoms with Gasteiger partial charge in [-0.25, -0.2) is 0 Å². The van der Waals surface area contributed by atoms with Gasteiger partial charge in [0.25, 0.3) is 5.91 Å². The molecule has 1 atom stereocenters. The van der Waals surface area contributed by atoms with E-state index in [9.17, 15) is 14.7 Å². The highest BCUT2D eigenvalue weighted by Gasteiger charge is 2.44. The number of aromatic hydroxyl groups is 1. The van der Waals surface area contributed by atoms with E-state index in [1.807, 2.05) is 17.9 Å². The second kappa shape index (κ2) is 7.17. The number of benzene rings is 1. The Morgan fingerprint density at radius 3 is 2.67 bits per heavy atom. The molecule has 3 fully saturated rings. The zero-order valence-electron chi connectivity index (χ0n) is 16.2. The first-order valence-electron chi connectivity index (χ1n) is 10.4. The van der Waals surface area contributed by atoms with Gasteiger partial charge in [-0.1, -0.05) is 18.9 Å². The number of aryl methyl sites for hydroxylation is 1. The minimum absolute atomic E-state index is 0.0186. The molecule has 1 aromatic rings. The van der Waals surface area contributed by atoms with Gasteiger partial charge in [0.15, 0.2) is 0 Å². The van der Waals surface area contributed by atoms with Gasteiger partial charge in [0, 0.05) is 37.5 Å². The van der Waals surface area contributed by atoms with Crippen molar-refractivity contribution in [3.05, 3.63) is 29.3 Å². The summed E-state index contributed by atoms with van der Waals surface area (Å²) in [4.78, 5) is 29.6. The normalized spacial score (nSPS) is 26.8. The molecule has 1 N–H and O–H groups in total. The Kier molecular flexibility index (Phi) is 4.87. The fourth-order valence-electron chi connectivity index (χ4n) is 5.30. The van der Waals surface area contributed by atoms with Gasteiger partial charge in [0.2, 0.25) is 5.91 Å². The Balaban J connectivity index is 1.51. The van der Waals surface area contributed by atoms with Gasteiger partial charge in [-0.05, 0) is 56.7 Å². The molecule has 5 heteroatoms. The lowest BCUT2D eigenvalue weighted by Gasteiger charge is -2.49. The maximum absolute atomic E-state index is 13.0. The summed E-state index contributed by atoms with van der Waals surface area (Å²) in [6, 6.07) is 5.65. The van der Waals surface area contributed by atoms with Crippen LogP contribution in [0.3, 0.4) is 0 Å². The van der Waals surface area contributed by atoms with Crippen molar-refractivity contribution < 1.29 is 14.7 Å². The predicted molar refractivity (Wildman–Crippen MR) is 104 cm³/mol. The lowest BCUT2D eigenvalue weighted by Crippen LogP contribution is -2.56. The largest absolute Gasteiger partial charge is 0.507 e. The molecule has 2 amide bonds. The highest BCUT2D eigenvalue weighted by atomic mass is 16.3. The number of rotatable bonds is 2. The molecule has 2 saturated heterocycles. The third-order valence-corrected chi connectivity index (χ3v) is 6.79. The number of carbonyl (C=O) groups is 2. The second-order valence-corrected chi connectivity index (χ2v) is 8.81. The van der Waals surface area contributed by atoms with E-state index in [4.69, 9.17) is 0 Å². The molecule has 1 aromatic carbocycles. The molecule has 0 radical (unpaired) electrons. The summed E-state index contributed by atoms with van der Waals surface area (Å²) in [6.07, 6.45) is 8.21. The molecular formula is C22H30N2O3. The number of piperidine rings is 2. The minimum Gasteiger partial charge on any atom is -0.507 e. The fourth-order valence-corrected chi connectivity index (χ4v) is 5.30. The molecule has 1 spiro atoms. The van der Waals surface area contributed by atoms with Crippen LogP contribution in [0.15, 0.2) is 18.2 Å². The first kappa shape index (κ1) is 18.3. The van der Waals surface area contributed by atoms with E-state index in [1.54, 1.807) is 12.1 Å². The summed E-state index contributed by atoms with van der Waals surface area (Å²) in [5.41, 5.74) is 1.35. The van der Waals surface area contributed by atoms with Crippen LogP contribution in [0.5, 0.6) is 5.75 Å². The van der Waals surface area contributed by atoms with E-state index in [0.717, 1.165) is 50.8 Å². The molecule has 3 aliphatic rings. The Morgan fingerprint density at radius 1 is 1.15 bits per heavy atom. The molecule has 27 heavy (non-hydrogen) atoms. The summed E-state index contributed by atoms with van der Waals surface area (Å²) in [5.74, 6) is 0.272. The number of phenols is 1. The first-order chi connectivity index (χ1) is 13.0. The quantitative estimate of drug-likeness (QED) is 0.867. The monoisotopic (exact) mass is 370 g/mol. The third-order valence-electron chi connectivity index (χ3n) is 6.79. The zero-order valence-corrected chi connectivity index (χ0v) is 16.2. The standard InChI is InChI=1S/C22H30N2O3/c1-16-7-8-18(19(25)13-16)21(27)23-12-4-10-22(14-23)11-9-20(26)24(15-22)17-5-2-3-6-17/h7-8,13,17,25H,2-6,9-12,14-15H2,1H3. The Morgan fingerprint density at radius 2 is 1.93 bits per heavy atom. The van der Waals surface area contributed by atoms with Crippen molar-refractivity contribution >= 4 is 11.8 Å². The second-order valence-electron chi connectivity index (χ2n) is 8.81. The van der Waals surface area contributed by atoms with Crippen molar-refractivity contribution in [1.82, 2.24) is 9.80 Å². The third kappa shape index (κ3) is 3.56. The number of hydrogen-bond donors (Lipinski definition) is 1. The van der Waals surface area contributed by atoms with Crippen LogP contribution in [0.25, 0.3) is 0 Å². The van der Waals surface area contributed by atoms with E-state index < -0.39 is 0 Å². The maximum Gasteiger partial charge on any atom is 0.257 e. The summed E-state index contributed by atoms with van der Waals surface area (Å²) in [5, 5.41) is 10.2. The Labute approximate surface area is 161 Å². The molecule has 0 bridgehead atoms. The molecule has 1 unspecified atom stereocenters. The van der Waals surface area contributed by atoms with Crippen LogP contribution in [-0.2, 0) is 4.79 Å². The molecule has 146 valence electrons. The summed E-state index contributed by atoms with van der Waals surface area (Å²) < 4.78 is 0. The van der Waals surface area contributed by atoms with Crippen LogP contribution in [0.2, 0.25) is 0 Å². The first-order valence-corrected chi connectivity index (χ1v) is 10.4. The van der Waals surface area contributed by atoms with E-state index >= 15 is 0 Å². The van der Waals surface area contributed by atoms with Crippen molar-refractivity contribution in [1.29, 1.82) is 0 Å². The highest BCUT2D eigenvalue weighted by Crippen LogP contribution is 2.41. The van der Waals surface area contributed by atoms with Crippen LogP contribution in [0, 0.1) is 12.3 Å². The van der Waals surface area contributed by atoms with Gasteiger partial charge in [-0.3, -0.25) is 9.59 Å².